The Hall–Kier alpha value is -3.18. The summed E-state index contributed by atoms with van der Waals surface area (Å²) in [4.78, 5) is 28.1. The Morgan fingerprint density at radius 1 is 0.964 bits per heavy atom. The van der Waals surface area contributed by atoms with Gasteiger partial charge in [0.2, 0.25) is 5.78 Å². The molecule has 4 nitrogen and oxygen atoms in total. The molecule has 1 aliphatic rings. The standard InChI is InChI=1S/C23H19NO3S/c25-21(18-12-7-15-28-18)19-20(17-10-5-2-6-11-17)24(23(27)22(19)26)14-13-16-8-3-1-4-9-16/h1-12,15,20,26H,13-14H2/t20-/m1/s1. The maximum atomic E-state index is 13.1. The predicted molar refractivity (Wildman–Crippen MR) is 109 cm³/mol. The minimum absolute atomic E-state index is 0.159. The number of carbonyl (C=O) groups excluding carboxylic acids is 2. The first-order valence-electron chi connectivity index (χ1n) is 9.08. The number of aliphatic hydroxyl groups excluding tert-OH is 1. The van der Waals surface area contributed by atoms with Gasteiger partial charge in [-0.3, -0.25) is 9.59 Å². The Bertz CT molecular complexity index is 1010. The summed E-state index contributed by atoms with van der Waals surface area (Å²) in [5.74, 6) is -1.23. The molecule has 0 aliphatic carbocycles. The Morgan fingerprint density at radius 2 is 1.64 bits per heavy atom. The largest absolute Gasteiger partial charge is 0.503 e. The molecule has 3 aromatic rings. The van der Waals surface area contributed by atoms with Crippen molar-refractivity contribution in [1.29, 1.82) is 0 Å². The molecule has 0 bridgehead atoms. The molecule has 0 saturated heterocycles. The Morgan fingerprint density at radius 3 is 2.29 bits per heavy atom. The van der Waals surface area contributed by atoms with E-state index in [9.17, 15) is 14.7 Å². The molecule has 1 amide bonds. The van der Waals surface area contributed by atoms with Gasteiger partial charge in [-0.2, -0.15) is 0 Å². The highest BCUT2D eigenvalue weighted by Gasteiger charge is 2.43. The lowest BCUT2D eigenvalue weighted by Crippen LogP contribution is -2.33. The molecule has 1 N–H and O–H groups in total. The van der Waals surface area contributed by atoms with Crippen molar-refractivity contribution >= 4 is 23.0 Å². The van der Waals surface area contributed by atoms with Crippen molar-refractivity contribution in [2.24, 2.45) is 0 Å². The minimum Gasteiger partial charge on any atom is -0.503 e. The van der Waals surface area contributed by atoms with Crippen LogP contribution in [0.25, 0.3) is 0 Å². The lowest BCUT2D eigenvalue weighted by Gasteiger charge is -2.26. The van der Waals surface area contributed by atoms with Gasteiger partial charge < -0.3 is 10.0 Å². The van der Waals surface area contributed by atoms with Gasteiger partial charge in [0.05, 0.1) is 16.5 Å². The zero-order chi connectivity index (χ0) is 19.5. The summed E-state index contributed by atoms with van der Waals surface area (Å²) in [6.07, 6.45) is 0.643. The Labute approximate surface area is 167 Å². The fourth-order valence-electron chi connectivity index (χ4n) is 3.53. The first-order valence-corrected chi connectivity index (χ1v) is 9.96. The van der Waals surface area contributed by atoms with E-state index in [2.05, 4.69) is 0 Å². The summed E-state index contributed by atoms with van der Waals surface area (Å²) >= 11 is 1.31. The van der Waals surface area contributed by atoms with Crippen LogP contribution in [0.3, 0.4) is 0 Å². The van der Waals surface area contributed by atoms with E-state index >= 15 is 0 Å². The van der Waals surface area contributed by atoms with Crippen molar-refractivity contribution in [1.82, 2.24) is 4.90 Å². The molecule has 0 spiro atoms. The van der Waals surface area contributed by atoms with Gasteiger partial charge in [-0.05, 0) is 29.0 Å². The monoisotopic (exact) mass is 389 g/mol. The van der Waals surface area contributed by atoms with Gasteiger partial charge in [0.25, 0.3) is 5.91 Å². The second-order valence-electron chi connectivity index (χ2n) is 6.62. The van der Waals surface area contributed by atoms with Gasteiger partial charge in [0.1, 0.15) is 0 Å². The number of nitrogens with zero attached hydrogens (tertiary/aromatic N) is 1. The summed E-state index contributed by atoms with van der Waals surface area (Å²) in [6, 6.07) is 22.2. The van der Waals surface area contributed by atoms with Crippen LogP contribution in [0.15, 0.2) is 89.5 Å². The number of hydrogen-bond acceptors (Lipinski definition) is 4. The lowest BCUT2D eigenvalue weighted by atomic mass is 9.95. The van der Waals surface area contributed by atoms with Crippen LogP contribution in [-0.2, 0) is 11.2 Å². The minimum atomic E-state index is -0.591. The van der Waals surface area contributed by atoms with Crippen molar-refractivity contribution in [2.75, 3.05) is 6.54 Å². The fourth-order valence-corrected chi connectivity index (χ4v) is 4.21. The summed E-state index contributed by atoms with van der Waals surface area (Å²) in [5, 5.41) is 12.4. The van der Waals surface area contributed by atoms with Crippen LogP contribution >= 0.6 is 11.3 Å². The first-order chi connectivity index (χ1) is 13.7. The van der Waals surface area contributed by atoms with Crippen LogP contribution in [0, 0.1) is 0 Å². The van der Waals surface area contributed by atoms with Gasteiger partial charge in [0.15, 0.2) is 5.76 Å². The molecular weight excluding hydrogens is 370 g/mol. The molecule has 1 atom stereocenters. The number of rotatable bonds is 6. The third kappa shape index (κ3) is 3.37. The predicted octanol–water partition coefficient (Wildman–Crippen LogP) is 4.57. The Balaban J connectivity index is 1.70. The summed E-state index contributed by atoms with van der Waals surface area (Å²) < 4.78 is 0. The van der Waals surface area contributed by atoms with E-state index in [-0.39, 0.29) is 11.4 Å². The van der Waals surface area contributed by atoms with Crippen LogP contribution in [0.1, 0.15) is 26.8 Å². The molecule has 0 fully saturated rings. The maximum Gasteiger partial charge on any atom is 0.290 e. The molecule has 28 heavy (non-hydrogen) atoms. The number of aliphatic hydroxyl groups is 1. The van der Waals surface area contributed by atoms with E-state index < -0.39 is 17.7 Å². The number of ketones is 1. The molecule has 5 heteroatoms. The van der Waals surface area contributed by atoms with E-state index in [1.54, 1.807) is 17.0 Å². The van der Waals surface area contributed by atoms with Gasteiger partial charge >= 0.3 is 0 Å². The zero-order valence-electron chi connectivity index (χ0n) is 15.1. The van der Waals surface area contributed by atoms with Crippen molar-refractivity contribution in [2.45, 2.75) is 12.5 Å². The molecule has 1 aromatic heterocycles. The molecule has 0 radical (unpaired) electrons. The number of Topliss-reactive ketones (excluding diaryl/α,β-unsaturated/α-hetero) is 1. The maximum absolute atomic E-state index is 13.1. The van der Waals surface area contributed by atoms with Crippen LogP contribution in [0.4, 0.5) is 0 Å². The van der Waals surface area contributed by atoms with Gasteiger partial charge in [-0.25, -0.2) is 0 Å². The first kappa shape index (κ1) is 18.2. The average Bonchev–Trinajstić information content (AvgIpc) is 3.36. The molecule has 2 heterocycles. The molecule has 2 aromatic carbocycles. The van der Waals surface area contributed by atoms with Crippen molar-refractivity contribution in [3.05, 3.63) is 106 Å². The summed E-state index contributed by atoms with van der Waals surface area (Å²) in [7, 11) is 0. The van der Waals surface area contributed by atoms with Gasteiger partial charge in [-0.15, -0.1) is 11.3 Å². The van der Waals surface area contributed by atoms with Crippen LogP contribution in [0.5, 0.6) is 0 Å². The number of thiophene rings is 1. The van der Waals surface area contributed by atoms with Gasteiger partial charge in [0, 0.05) is 6.54 Å². The highest BCUT2D eigenvalue weighted by atomic mass is 32.1. The summed E-state index contributed by atoms with van der Waals surface area (Å²) in [6.45, 7) is 0.410. The quantitative estimate of drug-likeness (QED) is 0.629. The molecule has 0 saturated carbocycles. The molecule has 1 aliphatic heterocycles. The van der Waals surface area contributed by atoms with Crippen LogP contribution in [0.2, 0.25) is 0 Å². The number of carbonyl (C=O) groups is 2. The number of benzene rings is 2. The zero-order valence-corrected chi connectivity index (χ0v) is 15.9. The number of amides is 1. The molecule has 140 valence electrons. The topological polar surface area (TPSA) is 57.6 Å². The van der Waals surface area contributed by atoms with E-state index in [0.717, 1.165) is 11.1 Å². The summed E-state index contributed by atoms with van der Waals surface area (Å²) in [5.41, 5.74) is 2.07. The van der Waals surface area contributed by atoms with Crippen LogP contribution in [-0.4, -0.2) is 28.2 Å². The van der Waals surface area contributed by atoms with E-state index in [0.29, 0.717) is 17.8 Å². The van der Waals surface area contributed by atoms with E-state index in [1.807, 2.05) is 66.0 Å². The Kier molecular flexibility index (Phi) is 5.08. The smallest absolute Gasteiger partial charge is 0.290 e. The SMILES string of the molecule is O=C(C1=C(O)C(=O)N(CCc2ccccc2)[C@@H]1c1ccccc1)c1cccs1. The van der Waals surface area contributed by atoms with E-state index in [4.69, 9.17) is 0 Å². The normalized spacial score (nSPS) is 16.6. The highest BCUT2D eigenvalue weighted by molar-refractivity contribution is 7.12. The van der Waals surface area contributed by atoms with Gasteiger partial charge in [-0.1, -0.05) is 66.7 Å². The highest BCUT2D eigenvalue weighted by Crippen LogP contribution is 2.39. The molecule has 0 unspecified atom stereocenters. The van der Waals surface area contributed by atoms with Crippen LogP contribution < -0.4 is 0 Å². The lowest BCUT2D eigenvalue weighted by molar-refractivity contribution is -0.129. The second kappa shape index (κ2) is 7.82. The van der Waals surface area contributed by atoms with Crippen molar-refractivity contribution < 1.29 is 14.7 Å². The third-order valence-electron chi connectivity index (χ3n) is 4.89. The van der Waals surface area contributed by atoms with E-state index in [1.165, 1.54) is 11.3 Å². The fraction of sp³-hybridized carbons (Fsp3) is 0.130. The van der Waals surface area contributed by atoms with Crippen molar-refractivity contribution in [3.8, 4) is 0 Å². The molecule has 4 rings (SSSR count). The third-order valence-corrected chi connectivity index (χ3v) is 5.76. The second-order valence-corrected chi connectivity index (χ2v) is 7.56. The average molecular weight is 389 g/mol. The molecular formula is C23H19NO3S. The van der Waals surface area contributed by atoms with Crippen molar-refractivity contribution in [3.63, 3.8) is 0 Å². The number of hydrogen-bond donors (Lipinski definition) is 1.